The van der Waals surface area contributed by atoms with Gasteiger partial charge in [-0.25, -0.2) is 4.79 Å². The second kappa shape index (κ2) is 4.30. The van der Waals surface area contributed by atoms with E-state index in [1.165, 1.54) is 0 Å². The average molecular weight is 294 g/mol. The molecule has 22 heavy (non-hydrogen) atoms. The Morgan fingerprint density at radius 3 is 2.82 bits per heavy atom. The largest absolute Gasteiger partial charge is 0.361 e. The molecule has 6 nitrogen and oxygen atoms in total. The Kier molecular flexibility index (Phi) is 2.51. The molecule has 0 aliphatic heterocycles. The van der Waals surface area contributed by atoms with Crippen molar-refractivity contribution in [3.8, 4) is 11.1 Å². The van der Waals surface area contributed by atoms with Crippen LogP contribution in [0, 0.1) is 13.8 Å². The number of aryl methyl sites for hydroxylation is 3. The predicted molar refractivity (Wildman–Crippen MR) is 83.8 cm³/mol. The third-order valence-corrected chi connectivity index (χ3v) is 4.04. The van der Waals surface area contributed by atoms with Crippen molar-refractivity contribution >= 4 is 21.9 Å². The van der Waals surface area contributed by atoms with Crippen molar-refractivity contribution < 1.29 is 4.52 Å². The van der Waals surface area contributed by atoms with E-state index in [2.05, 4.69) is 15.1 Å². The number of rotatable bonds is 1. The number of fused-ring (bicyclic) bond motifs is 3. The molecule has 110 valence electrons. The molecule has 0 radical (unpaired) electrons. The second-order valence-corrected chi connectivity index (χ2v) is 5.44. The zero-order valence-corrected chi connectivity index (χ0v) is 12.5. The van der Waals surface area contributed by atoms with Gasteiger partial charge in [0.1, 0.15) is 5.76 Å². The molecule has 1 aromatic carbocycles. The summed E-state index contributed by atoms with van der Waals surface area (Å²) in [6.07, 6.45) is 1.69. The van der Waals surface area contributed by atoms with Crippen LogP contribution in [0.5, 0.6) is 0 Å². The molecule has 0 saturated heterocycles. The van der Waals surface area contributed by atoms with Crippen LogP contribution in [0.25, 0.3) is 33.1 Å². The van der Waals surface area contributed by atoms with E-state index in [1.54, 1.807) is 17.8 Å². The summed E-state index contributed by atoms with van der Waals surface area (Å²) < 4.78 is 6.84. The highest BCUT2D eigenvalue weighted by Crippen LogP contribution is 2.30. The highest BCUT2D eigenvalue weighted by atomic mass is 16.5. The first-order valence-electron chi connectivity index (χ1n) is 6.97. The van der Waals surface area contributed by atoms with Crippen LogP contribution in [0.1, 0.15) is 11.5 Å². The van der Waals surface area contributed by atoms with Gasteiger partial charge in [-0.3, -0.25) is 9.55 Å². The number of benzene rings is 1. The van der Waals surface area contributed by atoms with Gasteiger partial charge in [0.2, 0.25) is 0 Å². The summed E-state index contributed by atoms with van der Waals surface area (Å²) in [6, 6.07) is 5.99. The van der Waals surface area contributed by atoms with Crippen molar-refractivity contribution in [3.05, 3.63) is 46.3 Å². The van der Waals surface area contributed by atoms with E-state index in [0.29, 0.717) is 0 Å². The maximum absolute atomic E-state index is 11.8. The minimum atomic E-state index is -0.140. The van der Waals surface area contributed by atoms with E-state index >= 15 is 0 Å². The lowest BCUT2D eigenvalue weighted by molar-refractivity contribution is 0.393. The van der Waals surface area contributed by atoms with Crippen LogP contribution in [-0.4, -0.2) is 19.7 Å². The minimum Gasteiger partial charge on any atom is -0.361 e. The molecule has 0 atom stereocenters. The fraction of sp³-hybridized carbons (Fsp3) is 0.188. The molecule has 4 aromatic rings. The molecule has 0 spiro atoms. The number of hydrogen-bond acceptors (Lipinski definition) is 4. The zero-order chi connectivity index (χ0) is 15.4. The fourth-order valence-electron chi connectivity index (χ4n) is 2.98. The molecule has 0 aliphatic rings. The average Bonchev–Trinajstić information content (AvgIpc) is 2.99. The van der Waals surface area contributed by atoms with Crippen LogP contribution in [0.3, 0.4) is 0 Å². The van der Waals surface area contributed by atoms with Gasteiger partial charge in [0.25, 0.3) is 0 Å². The Morgan fingerprint density at radius 1 is 1.27 bits per heavy atom. The fourth-order valence-corrected chi connectivity index (χ4v) is 2.98. The number of H-pyrrole nitrogens is 1. The van der Waals surface area contributed by atoms with Crippen LogP contribution < -0.4 is 5.69 Å². The van der Waals surface area contributed by atoms with Gasteiger partial charge in [0, 0.05) is 18.0 Å². The quantitative estimate of drug-likeness (QED) is 0.585. The van der Waals surface area contributed by atoms with Gasteiger partial charge in [0.15, 0.2) is 0 Å². The van der Waals surface area contributed by atoms with E-state index in [9.17, 15) is 4.79 Å². The SMILES string of the molecule is Cc1noc(C)c1-c1ccc2c(c1)ncc1[nH]c(=O)n(C)c12. The predicted octanol–water partition coefficient (Wildman–Crippen LogP) is 2.69. The van der Waals surface area contributed by atoms with E-state index < -0.39 is 0 Å². The highest BCUT2D eigenvalue weighted by molar-refractivity contribution is 6.03. The third kappa shape index (κ3) is 1.64. The van der Waals surface area contributed by atoms with Crippen molar-refractivity contribution in [2.75, 3.05) is 0 Å². The van der Waals surface area contributed by atoms with Crippen molar-refractivity contribution in [2.45, 2.75) is 13.8 Å². The number of imidazole rings is 1. The Bertz CT molecular complexity index is 1070. The lowest BCUT2D eigenvalue weighted by atomic mass is 10.0. The lowest BCUT2D eigenvalue weighted by Gasteiger charge is -2.05. The summed E-state index contributed by atoms with van der Waals surface area (Å²) in [4.78, 5) is 19.0. The minimum absolute atomic E-state index is 0.140. The first-order valence-corrected chi connectivity index (χ1v) is 6.97. The van der Waals surface area contributed by atoms with Crippen molar-refractivity contribution in [3.63, 3.8) is 0 Å². The van der Waals surface area contributed by atoms with Crippen LogP contribution in [0.4, 0.5) is 0 Å². The first-order chi connectivity index (χ1) is 10.6. The Balaban J connectivity index is 2.05. The van der Waals surface area contributed by atoms with Gasteiger partial charge in [0.05, 0.1) is 28.4 Å². The standard InChI is InChI=1S/C16H14N4O2/c1-8-14(9(2)22-19-8)10-4-5-11-12(6-10)17-7-13-15(11)20(3)16(21)18-13/h4-7H,1-3H3,(H,18,21). The summed E-state index contributed by atoms with van der Waals surface area (Å²) in [5.41, 5.74) is 5.15. The maximum atomic E-state index is 11.8. The number of hydrogen-bond donors (Lipinski definition) is 1. The smallest absolute Gasteiger partial charge is 0.326 e. The van der Waals surface area contributed by atoms with Gasteiger partial charge in [-0.2, -0.15) is 0 Å². The Hall–Kier alpha value is -2.89. The number of aromatic nitrogens is 4. The van der Waals surface area contributed by atoms with Gasteiger partial charge in [-0.1, -0.05) is 17.3 Å². The molecule has 0 unspecified atom stereocenters. The number of nitrogens with zero attached hydrogens (tertiary/aromatic N) is 3. The van der Waals surface area contributed by atoms with E-state index in [0.717, 1.165) is 44.5 Å². The van der Waals surface area contributed by atoms with Crippen LogP contribution in [0.2, 0.25) is 0 Å². The molecule has 0 aliphatic carbocycles. The molecule has 0 saturated carbocycles. The van der Waals surface area contributed by atoms with Crippen molar-refractivity contribution in [1.82, 2.24) is 19.7 Å². The summed E-state index contributed by atoms with van der Waals surface area (Å²) in [7, 11) is 1.75. The molecule has 1 N–H and O–H groups in total. The highest BCUT2D eigenvalue weighted by Gasteiger charge is 2.14. The van der Waals surface area contributed by atoms with Crippen LogP contribution in [0.15, 0.2) is 33.7 Å². The summed E-state index contributed by atoms with van der Waals surface area (Å²) in [5, 5.41) is 4.93. The Morgan fingerprint density at radius 2 is 2.09 bits per heavy atom. The van der Waals surface area contributed by atoms with Gasteiger partial charge < -0.3 is 9.51 Å². The van der Waals surface area contributed by atoms with Gasteiger partial charge in [-0.15, -0.1) is 0 Å². The lowest BCUT2D eigenvalue weighted by Crippen LogP contribution is -2.11. The normalized spacial score (nSPS) is 11.6. The van der Waals surface area contributed by atoms with Crippen molar-refractivity contribution in [2.24, 2.45) is 7.05 Å². The summed E-state index contributed by atoms with van der Waals surface area (Å²) in [5.74, 6) is 0.784. The molecule has 0 fully saturated rings. The first kappa shape index (κ1) is 12.8. The van der Waals surface area contributed by atoms with Crippen molar-refractivity contribution in [1.29, 1.82) is 0 Å². The number of pyridine rings is 1. The van der Waals surface area contributed by atoms with Crippen LogP contribution >= 0.6 is 0 Å². The van der Waals surface area contributed by atoms with E-state index in [1.807, 2.05) is 32.0 Å². The van der Waals surface area contributed by atoms with Crippen LogP contribution in [-0.2, 0) is 7.05 Å². The summed E-state index contributed by atoms with van der Waals surface area (Å²) >= 11 is 0. The molecule has 4 rings (SSSR count). The monoisotopic (exact) mass is 294 g/mol. The zero-order valence-electron chi connectivity index (χ0n) is 12.5. The molecule has 0 amide bonds. The molecular formula is C16H14N4O2. The number of nitrogens with one attached hydrogen (secondary N) is 1. The molecule has 3 aromatic heterocycles. The van der Waals surface area contributed by atoms with E-state index in [-0.39, 0.29) is 5.69 Å². The van der Waals surface area contributed by atoms with Gasteiger partial charge in [-0.05, 0) is 25.5 Å². The maximum Gasteiger partial charge on any atom is 0.326 e. The van der Waals surface area contributed by atoms with E-state index in [4.69, 9.17) is 4.52 Å². The molecule has 6 heteroatoms. The molecule has 0 bridgehead atoms. The van der Waals surface area contributed by atoms with Gasteiger partial charge >= 0.3 is 5.69 Å². The third-order valence-electron chi connectivity index (χ3n) is 4.04. The number of aromatic amines is 1. The topological polar surface area (TPSA) is 76.7 Å². The Labute approximate surface area is 125 Å². The summed E-state index contributed by atoms with van der Waals surface area (Å²) in [6.45, 7) is 3.81. The molecule has 3 heterocycles. The molecular weight excluding hydrogens is 280 g/mol. The second-order valence-electron chi connectivity index (χ2n) is 5.44.